The van der Waals surface area contributed by atoms with E-state index in [1.54, 1.807) is 50.2 Å². The summed E-state index contributed by atoms with van der Waals surface area (Å²) in [6, 6.07) is 11.9. The highest BCUT2D eigenvalue weighted by molar-refractivity contribution is 7.99. The van der Waals surface area contributed by atoms with Crippen molar-refractivity contribution >= 4 is 33.4 Å². The van der Waals surface area contributed by atoms with Crippen LogP contribution in [-0.4, -0.2) is 45.9 Å². The van der Waals surface area contributed by atoms with Crippen LogP contribution in [0.1, 0.15) is 34.6 Å². The molecule has 2 aromatic carbocycles. The van der Waals surface area contributed by atoms with Crippen molar-refractivity contribution in [1.29, 1.82) is 0 Å². The highest BCUT2D eigenvalue weighted by atomic mass is 32.2. The minimum atomic E-state index is -3.82. The lowest BCUT2D eigenvalue weighted by atomic mass is 10.2. The number of non-ortho nitro benzene ring substituents is 1. The van der Waals surface area contributed by atoms with Crippen molar-refractivity contribution in [1.82, 2.24) is 14.1 Å². The fourth-order valence-corrected chi connectivity index (χ4v) is 6.59. The molecule has 2 heterocycles. The summed E-state index contributed by atoms with van der Waals surface area (Å²) >= 11 is 1.36. The predicted molar refractivity (Wildman–Crippen MR) is 128 cm³/mol. The summed E-state index contributed by atoms with van der Waals surface area (Å²) in [5.74, 6) is -0.385. The van der Waals surface area contributed by atoms with Gasteiger partial charge in [-0.3, -0.25) is 14.9 Å². The second-order valence-electron chi connectivity index (χ2n) is 8.19. The maximum absolute atomic E-state index is 13.5. The molecule has 9 nitrogen and oxygen atoms in total. The third-order valence-corrected chi connectivity index (χ3v) is 9.04. The van der Waals surface area contributed by atoms with Gasteiger partial charge < -0.3 is 0 Å². The van der Waals surface area contributed by atoms with Gasteiger partial charge in [-0.1, -0.05) is 29.5 Å². The van der Waals surface area contributed by atoms with E-state index in [1.165, 1.54) is 32.9 Å². The quantitative estimate of drug-likeness (QED) is 0.365. The highest BCUT2D eigenvalue weighted by Crippen LogP contribution is 2.35. The van der Waals surface area contributed by atoms with Crippen molar-refractivity contribution in [3.05, 3.63) is 75.6 Å². The van der Waals surface area contributed by atoms with Gasteiger partial charge in [0, 0.05) is 23.6 Å². The number of nitrogens with zero attached hydrogens (tertiary/aromatic N) is 4. The molecule has 1 atom stereocenters. The van der Waals surface area contributed by atoms with E-state index < -0.39 is 21.0 Å². The van der Waals surface area contributed by atoms with E-state index in [0.29, 0.717) is 24.2 Å². The van der Waals surface area contributed by atoms with E-state index in [4.69, 9.17) is 0 Å². The molecule has 11 heteroatoms. The molecule has 34 heavy (non-hydrogen) atoms. The molecule has 0 saturated carbocycles. The Labute approximate surface area is 202 Å². The molecule has 0 spiro atoms. The molecule has 0 N–H and O–H groups in total. The molecule has 3 aromatic rings. The van der Waals surface area contributed by atoms with Crippen LogP contribution in [-0.2, 0) is 10.0 Å². The molecule has 0 amide bonds. The number of nitro benzene ring substituents is 1. The van der Waals surface area contributed by atoms with Gasteiger partial charge in [0.1, 0.15) is 6.04 Å². The Kier molecular flexibility index (Phi) is 6.61. The maximum atomic E-state index is 13.5. The number of hydrogen-bond acceptors (Lipinski definition) is 7. The summed E-state index contributed by atoms with van der Waals surface area (Å²) in [5, 5.41) is 15.3. The number of aromatic nitrogens is 2. The molecule has 1 aliphatic heterocycles. The molecule has 1 aliphatic rings. The second kappa shape index (κ2) is 9.32. The monoisotopic (exact) mass is 500 g/mol. The lowest BCUT2D eigenvalue weighted by Crippen LogP contribution is -2.43. The molecule has 0 radical (unpaired) electrons. The van der Waals surface area contributed by atoms with E-state index >= 15 is 0 Å². The number of carbonyl (C=O) groups is 1. The number of rotatable bonds is 6. The van der Waals surface area contributed by atoms with Gasteiger partial charge in [0.15, 0.2) is 0 Å². The maximum Gasteiger partial charge on any atom is 0.269 e. The van der Waals surface area contributed by atoms with Crippen molar-refractivity contribution in [2.24, 2.45) is 0 Å². The van der Waals surface area contributed by atoms with Gasteiger partial charge in [0.25, 0.3) is 11.6 Å². The molecule has 1 saturated heterocycles. The number of aryl methyl sites for hydroxylation is 2. The van der Waals surface area contributed by atoms with Crippen molar-refractivity contribution < 1.29 is 18.1 Å². The number of nitro groups is 1. The largest absolute Gasteiger partial charge is 0.271 e. The fraction of sp³-hybridized carbons (Fsp3) is 0.304. The van der Waals surface area contributed by atoms with Gasteiger partial charge in [-0.05, 0) is 57.9 Å². The third-order valence-electron chi connectivity index (χ3n) is 5.82. The molecule has 1 aromatic heterocycles. The van der Waals surface area contributed by atoms with Gasteiger partial charge in [0.2, 0.25) is 10.0 Å². The summed E-state index contributed by atoms with van der Waals surface area (Å²) in [7, 11) is -3.82. The summed E-state index contributed by atoms with van der Waals surface area (Å²) in [4.78, 5) is 25.6. The van der Waals surface area contributed by atoms with Gasteiger partial charge in [-0.25, -0.2) is 13.1 Å². The zero-order chi connectivity index (χ0) is 24.6. The van der Waals surface area contributed by atoms with Crippen LogP contribution in [0.4, 0.5) is 5.69 Å². The van der Waals surface area contributed by atoms with Crippen molar-refractivity contribution in [3.63, 3.8) is 0 Å². The summed E-state index contributed by atoms with van der Waals surface area (Å²) in [5.41, 5.74) is 2.18. The highest BCUT2D eigenvalue weighted by Gasteiger charge is 2.41. The molecule has 1 unspecified atom stereocenters. The average molecular weight is 501 g/mol. The number of hydrogen-bond donors (Lipinski definition) is 0. The summed E-state index contributed by atoms with van der Waals surface area (Å²) in [6.07, 6.45) is 1.01. The van der Waals surface area contributed by atoms with Crippen LogP contribution in [0.3, 0.4) is 0 Å². The first kappa shape index (κ1) is 24.1. The van der Waals surface area contributed by atoms with Crippen molar-refractivity contribution in [2.45, 2.75) is 54.3 Å². The number of sulfonamides is 1. The lowest BCUT2D eigenvalue weighted by Gasteiger charge is -2.23. The van der Waals surface area contributed by atoms with Crippen molar-refractivity contribution in [2.75, 3.05) is 6.54 Å². The Bertz CT molecular complexity index is 1350. The molecular formula is C23H24N4O5S2. The van der Waals surface area contributed by atoms with E-state index in [2.05, 4.69) is 5.10 Å². The third kappa shape index (κ3) is 4.50. The molecule has 0 bridgehead atoms. The second-order valence-corrected chi connectivity index (χ2v) is 11.2. The predicted octanol–water partition coefficient (Wildman–Crippen LogP) is 4.36. The van der Waals surface area contributed by atoms with Crippen LogP contribution in [0.2, 0.25) is 0 Å². The minimum absolute atomic E-state index is 0.000206. The van der Waals surface area contributed by atoms with E-state index in [9.17, 15) is 23.3 Å². The first-order valence-corrected chi connectivity index (χ1v) is 13.0. The Morgan fingerprint density at radius 1 is 1.09 bits per heavy atom. The topological polar surface area (TPSA) is 115 Å². The molecule has 178 valence electrons. The van der Waals surface area contributed by atoms with Crippen LogP contribution in [0, 0.1) is 30.9 Å². The van der Waals surface area contributed by atoms with E-state index in [0.717, 1.165) is 15.4 Å². The van der Waals surface area contributed by atoms with Crippen LogP contribution in [0.25, 0.3) is 0 Å². The first-order valence-electron chi connectivity index (χ1n) is 10.7. The minimum Gasteiger partial charge on any atom is -0.271 e. The first-order chi connectivity index (χ1) is 16.1. The van der Waals surface area contributed by atoms with Crippen LogP contribution in [0.5, 0.6) is 0 Å². The van der Waals surface area contributed by atoms with Crippen LogP contribution < -0.4 is 0 Å². The van der Waals surface area contributed by atoms with Crippen LogP contribution >= 0.6 is 11.8 Å². The van der Waals surface area contributed by atoms with Gasteiger partial charge in [0.05, 0.1) is 26.1 Å². The zero-order valence-corrected chi connectivity index (χ0v) is 20.6. The fourth-order valence-electron chi connectivity index (χ4n) is 4.01. The van der Waals surface area contributed by atoms with Crippen molar-refractivity contribution in [3.8, 4) is 0 Å². The standard InChI is InChI=1S/C23H24N4O5S2/c1-15-6-12-20(13-7-15)34(31,32)25-14-4-5-21(25)23(28)26-17(3)22(16(2)24-26)33-19-10-8-18(9-11-19)27(29)30/h6-13,21H,4-5,14H2,1-3H3. The van der Waals surface area contributed by atoms with E-state index in [-0.39, 0.29) is 23.0 Å². The Morgan fingerprint density at radius 3 is 2.35 bits per heavy atom. The van der Waals surface area contributed by atoms with Gasteiger partial charge in [-0.2, -0.15) is 9.40 Å². The smallest absolute Gasteiger partial charge is 0.269 e. The molecule has 4 rings (SSSR count). The Morgan fingerprint density at radius 2 is 1.74 bits per heavy atom. The lowest BCUT2D eigenvalue weighted by molar-refractivity contribution is -0.384. The molecular weight excluding hydrogens is 476 g/mol. The number of benzene rings is 2. The normalized spacial score (nSPS) is 16.6. The summed E-state index contributed by atoms with van der Waals surface area (Å²) in [6.45, 7) is 5.70. The molecule has 0 aliphatic carbocycles. The average Bonchev–Trinajstić information content (AvgIpc) is 3.41. The van der Waals surface area contributed by atoms with E-state index in [1.807, 2.05) is 6.92 Å². The summed E-state index contributed by atoms with van der Waals surface area (Å²) < 4.78 is 29.1. The van der Waals surface area contributed by atoms with Gasteiger partial charge >= 0.3 is 0 Å². The number of carbonyl (C=O) groups excluding carboxylic acids is 1. The SMILES string of the molecule is Cc1ccc(S(=O)(=O)N2CCCC2C(=O)n2nc(C)c(Sc3ccc([N+](=O)[O-])cc3)c2C)cc1. The Hall–Kier alpha value is -3.02. The Balaban J connectivity index is 1.60. The van der Waals surface area contributed by atoms with Crippen LogP contribution in [0.15, 0.2) is 63.2 Å². The van der Waals surface area contributed by atoms with Gasteiger partial charge in [-0.15, -0.1) is 0 Å². The molecule has 1 fully saturated rings. The zero-order valence-electron chi connectivity index (χ0n) is 19.0.